The van der Waals surface area contributed by atoms with Gasteiger partial charge in [-0.3, -0.25) is 9.59 Å². The van der Waals surface area contributed by atoms with Crippen LogP contribution in [0.3, 0.4) is 0 Å². The maximum atomic E-state index is 13.7. The molecule has 3 heterocycles. The van der Waals surface area contributed by atoms with E-state index in [0.717, 1.165) is 24.5 Å². The highest BCUT2D eigenvalue weighted by Crippen LogP contribution is 2.33. The lowest BCUT2D eigenvalue weighted by molar-refractivity contribution is 0.0946. The predicted molar refractivity (Wildman–Crippen MR) is 155 cm³/mol. The number of primary amides is 1. The van der Waals surface area contributed by atoms with Crippen LogP contribution < -0.4 is 21.5 Å². The zero-order chi connectivity index (χ0) is 30.7. The van der Waals surface area contributed by atoms with Crippen molar-refractivity contribution in [1.29, 1.82) is 0 Å². The number of anilines is 1. The molecule has 5 N–H and O–H groups in total. The van der Waals surface area contributed by atoms with Gasteiger partial charge in [0.05, 0.1) is 24.8 Å². The topological polar surface area (TPSA) is 176 Å². The summed E-state index contributed by atoms with van der Waals surface area (Å²) in [7, 11) is 1.40. The Hall–Kier alpha value is -5.27. The first kappa shape index (κ1) is 29.2. The smallest absolute Gasteiger partial charge is 0.346 e. The van der Waals surface area contributed by atoms with Gasteiger partial charge in [0.2, 0.25) is 0 Å². The number of nitrogens with zero attached hydrogens (tertiary/aromatic N) is 6. The monoisotopic (exact) mass is 589 g/mol. The minimum atomic E-state index is -0.731. The first-order chi connectivity index (χ1) is 20.7. The Bertz CT molecular complexity index is 1640. The summed E-state index contributed by atoms with van der Waals surface area (Å²) in [5.74, 6) is -1.41. The molecule has 13 nitrogen and oxygen atoms in total. The summed E-state index contributed by atoms with van der Waals surface area (Å²) in [6.07, 6.45) is 5.13. The van der Waals surface area contributed by atoms with Gasteiger partial charge in [0.15, 0.2) is 0 Å². The van der Waals surface area contributed by atoms with Crippen LogP contribution in [0.2, 0.25) is 0 Å². The van der Waals surface area contributed by atoms with Crippen LogP contribution in [0.15, 0.2) is 55.1 Å². The van der Waals surface area contributed by atoms with E-state index in [0.29, 0.717) is 24.2 Å². The van der Waals surface area contributed by atoms with Gasteiger partial charge in [0.25, 0.3) is 11.8 Å². The lowest BCUT2D eigenvalue weighted by atomic mass is 9.97. The highest BCUT2D eigenvalue weighted by atomic mass is 19.1. The van der Waals surface area contributed by atoms with Crippen molar-refractivity contribution in [2.24, 2.45) is 5.73 Å². The number of aromatic nitrogens is 5. The number of nitrogens with two attached hydrogens (primary N) is 2. The quantitative estimate of drug-likeness (QED) is 0.281. The van der Waals surface area contributed by atoms with E-state index in [-0.39, 0.29) is 47.4 Å². The Labute approximate surface area is 246 Å². The molecule has 1 saturated heterocycles. The summed E-state index contributed by atoms with van der Waals surface area (Å²) in [4.78, 5) is 43.9. The van der Waals surface area contributed by atoms with Crippen molar-refractivity contribution in [3.8, 4) is 17.0 Å². The Morgan fingerprint density at radius 3 is 2.60 bits per heavy atom. The lowest BCUT2D eigenvalue weighted by Crippen LogP contribution is -2.49. The van der Waals surface area contributed by atoms with Crippen molar-refractivity contribution in [3.05, 3.63) is 77.6 Å². The summed E-state index contributed by atoms with van der Waals surface area (Å²) in [5.41, 5.74) is 14.0. The molecule has 43 heavy (non-hydrogen) atoms. The van der Waals surface area contributed by atoms with Crippen molar-refractivity contribution >= 4 is 23.7 Å². The van der Waals surface area contributed by atoms with Crippen molar-refractivity contribution < 1.29 is 23.5 Å². The number of piperidine rings is 1. The Morgan fingerprint density at radius 2 is 1.93 bits per heavy atom. The van der Waals surface area contributed by atoms with Crippen LogP contribution in [0.5, 0.6) is 5.75 Å². The minimum Gasteiger partial charge on any atom is -0.496 e. The standard InChI is InChI=1S/C29H32FN9O4/c1-17(22-5-3-4-12-37(22)29(42)38-16-33-15-35-38)39-26(31)24(27(32)40)25(36-39)19-8-6-18(7-9-19)14-34-28(41)21-13-20(30)10-11-23(21)43-2/h6-11,13,15-17,22H,3-5,12,14,31H2,1-2H3,(H2,32,40)(H,34,41). The molecule has 3 amide bonds. The van der Waals surface area contributed by atoms with E-state index in [9.17, 15) is 18.8 Å². The molecular formula is C29H32FN9O4. The maximum Gasteiger partial charge on any atom is 0.346 e. The van der Waals surface area contributed by atoms with Crippen LogP contribution in [0.25, 0.3) is 11.3 Å². The summed E-state index contributed by atoms with van der Waals surface area (Å²) >= 11 is 0. The normalized spacial score (nSPS) is 15.6. The van der Waals surface area contributed by atoms with Crippen LogP contribution in [0.4, 0.5) is 15.0 Å². The number of nitrogen functional groups attached to an aromatic ring is 1. The Balaban J connectivity index is 1.36. The largest absolute Gasteiger partial charge is 0.496 e. The number of hydrogen-bond acceptors (Lipinski definition) is 8. The fourth-order valence-electron chi connectivity index (χ4n) is 5.42. The van der Waals surface area contributed by atoms with Gasteiger partial charge in [0.1, 0.15) is 41.3 Å². The third kappa shape index (κ3) is 5.89. The molecule has 0 bridgehead atoms. The van der Waals surface area contributed by atoms with Crippen molar-refractivity contribution in [1.82, 2.24) is 34.8 Å². The van der Waals surface area contributed by atoms with Crippen LogP contribution in [0, 0.1) is 5.82 Å². The fraction of sp³-hybridized carbons (Fsp3) is 0.310. The van der Waals surface area contributed by atoms with E-state index >= 15 is 0 Å². The predicted octanol–water partition coefficient (Wildman–Crippen LogP) is 2.98. The summed E-state index contributed by atoms with van der Waals surface area (Å²) in [6, 6.07) is 9.80. The van der Waals surface area contributed by atoms with Crippen LogP contribution in [0.1, 0.15) is 58.5 Å². The molecule has 0 aliphatic carbocycles. The third-order valence-corrected chi connectivity index (χ3v) is 7.63. The first-order valence-corrected chi connectivity index (χ1v) is 13.7. The summed E-state index contributed by atoms with van der Waals surface area (Å²) < 4.78 is 21.6. The van der Waals surface area contributed by atoms with E-state index in [2.05, 4.69) is 15.4 Å². The van der Waals surface area contributed by atoms with Gasteiger partial charge in [0, 0.05) is 18.7 Å². The van der Waals surface area contributed by atoms with Crippen LogP contribution >= 0.6 is 0 Å². The number of carbonyl (C=O) groups excluding carboxylic acids is 3. The molecular weight excluding hydrogens is 557 g/mol. The summed E-state index contributed by atoms with van der Waals surface area (Å²) in [5, 5.41) is 11.4. The molecule has 4 aromatic rings. The third-order valence-electron chi connectivity index (χ3n) is 7.63. The van der Waals surface area contributed by atoms with Crippen LogP contribution in [-0.2, 0) is 6.54 Å². The number of amides is 3. The SMILES string of the molecule is COc1ccc(F)cc1C(=O)NCc1ccc(-c2nn(C(C)C3CCCCN3C(=O)n3cncn3)c(N)c2C(N)=O)cc1. The Kier molecular flexibility index (Phi) is 8.36. The Morgan fingerprint density at radius 1 is 1.16 bits per heavy atom. The number of likely N-dealkylation sites (tertiary alicyclic amines) is 1. The van der Waals surface area contributed by atoms with Gasteiger partial charge in [-0.25, -0.2) is 18.9 Å². The molecule has 224 valence electrons. The first-order valence-electron chi connectivity index (χ1n) is 13.7. The molecule has 1 fully saturated rings. The lowest BCUT2D eigenvalue weighted by Gasteiger charge is -2.38. The van der Waals surface area contributed by atoms with E-state index in [4.69, 9.17) is 21.3 Å². The molecule has 1 aliphatic rings. The average molecular weight is 590 g/mol. The molecule has 0 spiro atoms. The van der Waals surface area contributed by atoms with E-state index < -0.39 is 17.6 Å². The zero-order valence-electron chi connectivity index (χ0n) is 23.7. The maximum absolute atomic E-state index is 13.7. The molecule has 2 aromatic carbocycles. The van der Waals surface area contributed by atoms with E-state index in [1.165, 1.54) is 36.6 Å². The number of halogens is 1. The summed E-state index contributed by atoms with van der Waals surface area (Å²) in [6.45, 7) is 2.59. The van der Waals surface area contributed by atoms with Crippen molar-refractivity contribution in [2.75, 3.05) is 19.4 Å². The zero-order valence-corrected chi connectivity index (χ0v) is 23.7. The average Bonchev–Trinajstić information content (AvgIpc) is 3.68. The second-order valence-electron chi connectivity index (χ2n) is 10.3. The van der Waals surface area contributed by atoms with Gasteiger partial charge in [-0.05, 0) is 49.9 Å². The number of ether oxygens (including phenoxy) is 1. The van der Waals surface area contributed by atoms with Crippen molar-refractivity contribution in [2.45, 2.75) is 44.8 Å². The molecule has 14 heteroatoms. The minimum absolute atomic E-state index is 0.0797. The highest BCUT2D eigenvalue weighted by Gasteiger charge is 2.35. The molecule has 5 rings (SSSR count). The number of carbonyl (C=O) groups is 3. The van der Waals surface area contributed by atoms with Gasteiger partial charge < -0.3 is 26.4 Å². The van der Waals surface area contributed by atoms with Crippen LogP contribution in [-0.4, -0.2) is 67.0 Å². The molecule has 2 unspecified atom stereocenters. The van der Waals surface area contributed by atoms with Gasteiger partial charge in [-0.2, -0.15) is 14.9 Å². The molecule has 2 aromatic heterocycles. The second-order valence-corrected chi connectivity index (χ2v) is 10.3. The second kappa shape index (κ2) is 12.3. The van der Waals surface area contributed by atoms with E-state index in [1.807, 2.05) is 6.92 Å². The molecule has 0 saturated carbocycles. The molecule has 0 radical (unpaired) electrons. The van der Waals surface area contributed by atoms with Gasteiger partial charge in [-0.1, -0.05) is 24.3 Å². The van der Waals surface area contributed by atoms with E-state index in [1.54, 1.807) is 33.8 Å². The van der Waals surface area contributed by atoms with Gasteiger partial charge >= 0.3 is 6.03 Å². The van der Waals surface area contributed by atoms with Crippen molar-refractivity contribution in [3.63, 3.8) is 0 Å². The number of benzene rings is 2. The number of nitrogens with one attached hydrogen (secondary N) is 1. The van der Waals surface area contributed by atoms with Gasteiger partial charge in [-0.15, -0.1) is 0 Å². The molecule has 2 atom stereocenters. The number of rotatable bonds is 8. The number of methoxy groups -OCH3 is 1. The molecule has 1 aliphatic heterocycles. The number of hydrogen-bond donors (Lipinski definition) is 3. The highest BCUT2D eigenvalue weighted by molar-refractivity contribution is 6.03. The fourth-order valence-corrected chi connectivity index (χ4v) is 5.42.